The number of amides is 1. The molecular weight excluding hydrogens is 536 g/mol. The average Bonchev–Trinajstić information content (AvgIpc) is 3.49. The highest BCUT2D eigenvalue weighted by atomic mass is 35.5. The monoisotopic (exact) mass is 560 g/mol. The zero-order chi connectivity index (χ0) is 28.3. The molecule has 41 heavy (non-hydrogen) atoms. The molecule has 4 aromatic rings. The van der Waals surface area contributed by atoms with Crippen LogP contribution in [0, 0.1) is 5.92 Å². The third-order valence-corrected chi connectivity index (χ3v) is 8.83. The zero-order valence-corrected chi connectivity index (χ0v) is 22.8. The fourth-order valence-corrected chi connectivity index (χ4v) is 6.99. The van der Waals surface area contributed by atoms with Crippen LogP contribution < -0.4 is 15.0 Å². The first-order chi connectivity index (χ1) is 19.9. The first kappa shape index (κ1) is 25.3. The summed E-state index contributed by atoms with van der Waals surface area (Å²) in [5, 5.41) is 3.55. The number of rotatable bonds is 5. The Hall–Kier alpha value is -4.68. The predicted molar refractivity (Wildman–Crippen MR) is 159 cm³/mol. The molecular formula is C34H25ClN2O4. The van der Waals surface area contributed by atoms with Crippen LogP contribution in [-0.2, 0) is 10.2 Å². The van der Waals surface area contributed by atoms with Crippen molar-refractivity contribution in [1.29, 1.82) is 0 Å². The first-order valence-electron chi connectivity index (χ1n) is 13.4. The number of nitrogens with zero attached hydrogens (tertiary/aromatic N) is 1. The number of para-hydroxylation sites is 2. The van der Waals surface area contributed by atoms with Crippen LogP contribution in [0.25, 0.3) is 6.08 Å². The van der Waals surface area contributed by atoms with Gasteiger partial charge in [-0.3, -0.25) is 14.4 Å². The number of benzene rings is 4. The summed E-state index contributed by atoms with van der Waals surface area (Å²) in [5.41, 5.74) is 2.48. The maximum Gasteiger partial charge on any atom is 0.238 e. The Bertz CT molecular complexity index is 1760. The van der Waals surface area contributed by atoms with E-state index in [0.29, 0.717) is 33.1 Å². The van der Waals surface area contributed by atoms with Gasteiger partial charge in [-0.15, -0.1) is 0 Å². The largest absolute Gasteiger partial charge is 0.497 e. The van der Waals surface area contributed by atoms with Gasteiger partial charge >= 0.3 is 0 Å². The molecule has 3 heterocycles. The summed E-state index contributed by atoms with van der Waals surface area (Å²) >= 11 is 6.17. The molecule has 1 spiro atoms. The Morgan fingerprint density at radius 3 is 2.44 bits per heavy atom. The number of hydrogen-bond acceptors (Lipinski definition) is 5. The zero-order valence-electron chi connectivity index (χ0n) is 22.1. The number of ether oxygens (including phenoxy) is 1. The van der Waals surface area contributed by atoms with Gasteiger partial charge in [0.25, 0.3) is 0 Å². The fourth-order valence-electron chi connectivity index (χ4n) is 6.86. The summed E-state index contributed by atoms with van der Waals surface area (Å²) in [7, 11) is 1.54. The summed E-state index contributed by atoms with van der Waals surface area (Å²) in [4.78, 5) is 45.8. The second-order valence-corrected chi connectivity index (χ2v) is 11.0. The van der Waals surface area contributed by atoms with Crippen LogP contribution in [0.2, 0.25) is 5.02 Å². The lowest BCUT2D eigenvalue weighted by atomic mass is 9.64. The minimum atomic E-state index is -1.37. The van der Waals surface area contributed by atoms with Gasteiger partial charge in [-0.2, -0.15) is 0 Å². The van der Waals surface area contributed by atoms with Crippen molar-refractivity contribution in [1.82, 2.24) is 0 Å². The van der Waals surface area contributed by atoms with Gasteiger partial charge in [-0.1, -0.05) is 72.3 Å². The average molecular weight is 561 g/mol. The molecule has 7 heteroatoms. The molecule has 6 nitrogen and oxygen atoms in total. The van der Waals surface area contributed by atoms with Gasteiger partial charge in [0.05, 0.1) is 19.1 Å². The standard InChI is InChI=1S/C34H25ClN2O4/c1-41-24-9-6-8-22(19-24)31(38)29-30(32(39)21-13-16-23(35)17-14-21)37-27-12-5-2-7-20(27)15-18-28(37)34(29)25-10-3-4-11-26(25)36-33(34)40/h2-19,28-30H,1H3,(H,36,40)/t28-,29-,30+,34+/m0/s1. The lowest BCUT2D eigenvalue weighted by molar-refractivity contribution is -0.121. The minimum absolute atomic E-state index is 0.257. The van der Waals surface area contributed by atoms with Crippen molar-refractivity contribution >= 4 is 46.5 Å². The van der Waals surface area contributed by atoms with E-state index < -0.39 is 23.4 Å². The molecule has 4 atom stereocenters. The van der Waals surface area contributed by atoms with Crippen LogP contribution in [0.4, 0.5) is 11.4 Å². The van der Waals surface area contributed by atoms with E-state index in [0.717, 1.165) is 11.3 Å². The number of hydrogen-bond donors (Lipinski definition) is 1. The Morgan fingerprint density at radius 2 is 1.63 bits per heavy atom. The van der Waals surface area contributed by atoms with Gasteiger partial charge < -0.3 is 15.0 Å². The van der Waals surface area contributed by atoms with Crippen molar-refractivity contribution in [3.05, 3.63) is 130 Å². The Labute approximate surface area is 242 Å². The van der Waals surface area contributed by atoms with Crippen LogP contribution in [0.3, 0.4) is 0 Å². The van der Waals surface area contributed by atoms with E-state index in [1.807, 2.05) is 65.6 Å². The topological polar surface area (TPSA) is 75.7 Å². The third kappa shape index (κ3) is 3.60. The summed E-state index contributed by atoms with van der Waals surface area (Å²) in [6.07, 6.45) is 3.94. The molecule has 202 valence electrons. The summed E-state index contributed by atoms with van der Waals surface area (Å²) in [5.74, 6) is -1.40. The van der Waals surface area contributed by atoms with E-state index in [1.54, 1.807) is 48.5 Å². The quantitative estimate of drug-likeness (QED) is 0.294. The number of ketones is 2. The molecule has 0 radical (unpaired) electrons. The number of carbonyl (C=O) groups is 3. The minimum Gasteiger partial charge on any atom is -0.497 e. The summed E-state index contributed by atoms with van der Waals surface area (Å²) in [6, 6.07) is 27.2. The molecule has 0 bridgehead atoms. The van der Waals surface area contributed by atoms with Crippen molar-refractivity contribution in [3.8, 4) is 5.75 Å². The number of halogens is 1. The second-order valence-electron chi connectivity index (χ2n) is 10.5. The summed E-state index contributed by atoms with van der Waals surface area (Å²) < 4.78 is 5.43. The van der Waals surface area contributed by atoms with Crippen molar-refractivity contribution < 1.29 is 19.1 Å². The molecule has 0 unspecified atom stereocenters. The fraction of sp³-hybridized carbons (Fsp3) is 0.147. The van der Waals surface area contributed by atoms with Crippen LogP contribution in [-0.4, -0.2) is 36.7 Å². The van der Waals surface area contributed by atoms with E-state index >= 15 is 0 Å². The number of carbonyl (C=O) groups excluding carboxylic acids is 3. The van der Waals surface area contributed by atoms with Gasteiger partial charge in [0.1, 0.15) is 17.2 Å². The van der Waals surface area contributed by atoms with Gasteiger partial charge in [-0.05, 0) is 59.7 Å². The molecule has 7 rings (SSSR count). The highest BCUT2D eigenvalue weighted by Crippen LogP contribution is 2.58. The number of Topliss-reactive ketones (excluding diaryl/α,β-unsaturated/α-hetero) is 2. The normalized spacial score (nSPS) is 23.5. The van der Waals surface area contributed by atoms with E-state index in [1.165, 1.54) is 7.11 Å². The maximum atomic E-state index is 14.8. The maximum absolute atomic E-state index is 14.8. The lowest BCUT2D eigenvalue weighted by Gasteiger charge is -2.37. The smallest absolute Gasteiger partial charge is 0.238 e. The number of methoxy groups -OCH3 is 1. The van der Waals surface area contributed by atoms with Crippen molar-refractivity contribution in [2.24, 2.45) is 5.92 Å². The molecule has 3 aliphatic heterocycles. The number of fused-ring (bicyclic) bond motifs is 6. The van der Waals surface area contributed by atoms with E-state index in [4.69, 9.17) is 16.3 Å². The van der Waals surface area contributed by atoms with E-state index in [-0.39, 0.29) is 17.5 Å². The Balaban J connectivity index is 1.53. The predicted octanol–water partition coefficient (Wildman–Crippen LogP) is 6.20. The molecule has 1 N–H and O–H groups in total. The van der Waals surface area contributed by atoms with Crippen LogP contribution >= 0.6 is 11.6 Å². The molecule has 0 aromatic heterocycles. The van der Waals surface area contributed by atoms with Crippen LogP contribution in [0.1, 0.15) is 31.8 Å². The van der Waals surface area contributed by atoms with E-state index in [2.05, 4.69) is 5.32 Å². The van der Waals surface area contributed by atoms with Crippen LogP contribution in [0.5, 0.6) is 5.75 Å². The molecule has 1 fully saturated rings. The van der Waals surface area contributed by atoms with Gasteiger partial charge in [0, 0.05) is 27.5 Å². The highest BCUT2D eigenvalue weighted by Gasteiger charge is 2.70. The molecule has 1 saturated heterocycles. The Kier molecular flexibility index (Phi) is 5.84. The lowest BCUT2D eigenvalue weighted by Crippen LogP contribution is -2.51. The third-order valence-electron chi connectivity index (χ3n) is 8.58. The first-order valence-corrected chi connectivity index (χ1v) is 13.8. The highest BCUT2D eigenvalue weighted by molar-refractivity contribution is 6.30. The van der Waals surface area contributed by atoms with Gasteiger partial charge in [0.2, 0.25) is 5.91 Å². The molecule has 3 aliphatic rings. The summed E-state index contributed by atoms with van der Waals surface area (Å²) in [6.45, 7) is 0. The van der Waals surface area contributed by atoms with Crippen molar-refractivity contribution in [2.45, 2.75) is 17.5 Å². The van der Waals surface area contributed by atoms with E-state index in [9.17, 15) is 14.4 Å². The van der Waals surface area contributed by atoms with Crippen molar-refractivity contribution in [3.63, 3.8) is 0 Å². The van der Waals surface area contributed by atoms with Crippen LogP contribution in [0.15, 0.2) is 103 Å². The second kappa shape index (κ2) is 9.46. The molecule has 4 aromatic carbocycles. The SMILES string of the molecule is COc1cccc(C(=O)[C@@H]2[C@H](C(=O)c3ccc(Cl)cc3)N3c4ccccc4C=C[C@H]3[C@@]23C(=O)Nc2ccccc23)c1. The van der Waals surface area contributed by atoms with Crippen molar-refractivity contribution in [2.75, 3.05) is 17.3 Å². The number of nitrogens with one attached hydrogen (secondary N) is 1. The van der Waals surface area contributed by atoms with Gasteiger partial charge in [-0.25, -0.2) is 0 Å². The molecule has 0 saturated carbocycles. The van der Waals surface area contributed by atoms with Gasteiger partial charge in [0.15, 0.2) is 11.6 Å². The number of anilines is 2. The molecule has 1 amide bonds. The molecule has 0 aliphatic carbocycles. The Morgan fingerprint density at radius 1 is 0.878 bits per heavy atom.